The Morgan fingerprint density at radius 2 is 1.68 bits per heavy atom. The number of rotatable bonds is 13. The Hall–Kier alpha value is -2.45. The molecule has 1 aromatic carbocycles. The van der Waals surface area contributed by atoms with E-state index in [1.807, 2.05) is 23.2 Å². The number of methoxy groups -OCH3 is 2. The highest BCUT2D eigenvalue weighted by Crippen LogP contribution is 2.38. The van der Waals surface area contributed by atoms with Gasteiger partial charge in [0.05, 0.1) is 18.9 Å². The van der Waals surface area contributed by atoms with Crippen LogP contribution in [0.1, 0.15) is 60.9 Å². The van der Waals surface area contributed by atoms with Gasteiger partial charge in [0, 0.05) is 63.7 Å². The molecule has 2 heterocycles. The first kappa shape index (κ1) is 30.5. The van der Waals surface area contributed by atoms with Gasteiger partial charge in [-0.1, -0.05) is 42.1 Å². The van der Waals surface area contributed by atoms with Crippen LogP contribution in [0.25, 0.3) is 5.57 Å². The van der Waals surface area contributed by atoms with Crippen molar-refractivity contribution < 1.29 is 14.3 Å². The number of nitrogens with zero attached hydrogens (tertiary/aromatic N) is 3. The third-order valence-electron chi connectivity index (χ3n) is 8.04. The summed E-state index contributed by atoms with van der Waals surface area (Å²) >= 11 is 6.36. The maximum atomic E-state index is 12.9. The molecule has 2 aromatic rings. The Morgan fingerprint density at radius 1 is 0.950 bits per heavy atom. The molecule has 40 heavy (non-hydrogen) atoms. The van der Waals surface area contributed by atoms with Crippen LogP contribution in [0.3, 0.4) is 0 Å². The monoisotopic (exact) mass is 568 g/mol. The molecule has 2 aliphatic rings. The number of amides is 2. The number of carbonyl (C=O) groups is 1. The predicted octanol–water partition coefficient (Wildman–Crippen LogP) is 5.60. The molecule has 0 saturated carbocycles. The first-order valence-corrected chi connectivity index (χ1v) is 15.2. The van der Waals surface area contributed by atoms with Crippen molar-refractivity contribution in [2.24, 2.45) is 0 Å². The average Bonchev–Trinajstić information content (AvgIpc) is 3.14. The van der Waals surface area contributed by atoms with Crippen molar-refractivity contribution >= 4 is 23.2 Å². The van der Waals surface area contributed by atoms with E-state index >= 15 is 0 Å². The summed E-state index contributed by atoms with van der Waals surface area (Å²) in [5.74, 6) is 0. The van der Waals surface area contributed by atoms with E-state index in [2.05, 4.69) is 28.4 Å². The number of ether oxygens (including phenoxy) is 2. The molecule has 2 amide bonds. The normalized spacial score (nSPS) is 15.2. The molecule has 8 heteroatoms. The van der Waals surface area contributed by atoms with Gasteiger partial charge in [0.1, 0.15) is 0 Å². The molecule has 0 spiro atoms. The molecule has 1 aliphatic heterocycles. The minimum Gasteiger partial charge on any atom is -0.383 e. The lowest BCUT2D eigenvalue weighted by molar-refractivity contribution is 0.113. The van der Waals surface area contributed by atoms with E-state index in [0.29, 0.717) is 0 Å². The minimum absolute atomic E-state index is 0.0564. The molecule has 218 valence electrons. The maximum absolute atomic E-state index is 12.9. The Kier molecular flexibility index (Phi) is 12.3. The maximum Gasteiger partial charge on any atom is 0.317 e. The van der Waals surface area contributed by atoms with E-state index in [9.17, 15) is 4.79 Å². The summed E-state index contributed by atoms with van der Waals surface area (Å²) in [6, 6.07) is 10.5. The van der Waals surface area contributed by atoms with Crippen molar-refractivity contribution in [3.63, 3.8) is 0 Å². The number of halogens is 1. The second kappa shape index (κ2) is 16.1. The number of unbranched alkanes of at least 4 members (excludes halogenated alkanes) is 3. The SMILES string of the molecule is COCCN(CCCCCCNC(=O)N1CCC(=C2c3ccc(Cl)cc3CCc3cccnc32)CC1)CCOC. The van der Waals surface area contributed by atoms with Crippen LogP contribution in [0.4, 0.5) is 4.79 Å². The third kappa shape index (κ3) is 8.53. The molecule has 1 N–H and O–H groups in total. The summed E-state index contributed by atoms with van der Waals surface area (Å²) < 4.78 is 10.4. The molecule has 0 unspecified atom stereocenters. The Labute approximate surface area is 244 Å². The number of aromatic nitrogens is 1. The fraction of sp³-hybridized carbons (Fsp3) is 0.562. The van der Waals surface area contributed by atoms with Gasteiger partial charge >= 0.3 is 6.03 Å². The van der Waals surface area contributed by atoms with Gasteiger partial charge in [0.2, 0.25) is 0 Å². The standard InChI is InChI=1S/C32H45ClN4O3/c1-39-22-20-36(21-23-40-2)17-6-4-3-5-15-35-32(38)37-18-13-25(14-19-37)30-29-12-11-28(33)24-27(29)10-9-26-8-7-16-34-31(26)30/h7-8,11-12,16,24H,3-6,9-10,13-15,17-23H2,1-2H3,(H,35,38). The third-order valence-corrected chi connectivity index (χ3v) is 8.27. The van der Waals surface area contributed by atoms with Gasteiger partial charge < -0.3 is 19.7 Å². The lowest BCUT2D eigenvalue weighted by atomic mass is 9.88. The fourth-order valence-corrected chi connectivity index (χ4v) is 5.95. The fourth-order valence-electron chi connectivity index (χ4n) is 5.76. The van der Waals surface area contributed by atoms with E-state index in [1.165, 1.54) is 27.8 Å². The summed E-state index contributed by atoms with van der Waals surface area (Å²) in [6.07, 6.45) is 9.98. The zero-order valence-electron chi connectivity index (χ0n) is 24.2. The van der Waals surface area contributed by atoms with Crippen LogP contribution in [-0.4, -0.2) is 87.5 Å². The smallest absolute Gasteiger partial charge is 0.317 e. The van der Waals surface area contributed by atoms with E-state index in [4.69, 9.17) is 26.1 Å². The van der Waals surface area contributed by atoms with Crippen LogP contribution in [0, 0.1) is 0 Å². The number of nitrogens with one attached hydrogen (secondary N) is 1. The van der Waals surface area contributed by atoms with Gasteiger partial charge in [-0.25, -0.2) is 4.79 Å². The van der Waals surface area contributed by atoms with E-state index in [1.54, 1.807) is 14.2 Å². The van der Waals surface area contributed by atoms with Crippen LogP contribution in [0.2, 0.25) is 5.02 Å². The van der Waals surface area contributed by atoms with E-state index in [-0.39, 0.29) is 6.03 Å². The van der Waals surface area contributed by atoms with Gasteiger partial charge in [0.25, 0.3) is 0 Å². The quantitative estimate of drug-likeness (QED) is 0.319. The second-order valence-corrected chi connectivity index (χ2v) is 11.2. The van der Waals surface area contributed by atoms with E-state index < -0.39 is 0 Å². The topological polar surface area (TPSA) is 66.9 Å². The van der Waals surface area contributed by atoms with Crippen molar-refractivity contribution in [3.05, 3.63) is 69.5 Å². The van der Waals surface area contributed by atoms with Crippen molar-refractivity contribution in [1.82, 2.24) is 20.1 Å². The van der Waals surface area contributed by atoms with Gasteiger partial charge in [-0.3, -0.25) is 9.88 Å². The van der Waals surface area contributed by atoms with Crippen molar-refractivity contribution in [1.29, 1.82) is 0 Å². The molecule has 0 radical (unpaired) electrons. The van der Waals surface area contributed by atoms with E-state index in [0.717, 1.165) is 115 Å². The number of fused-ring (bicyclic) bond motifs is 2. The van der Waals surface area contributed by atoms with Crippen molar-refractivity contribution in [2.75, 3.05) is 66.7 Å². The molecule has 0 atom stereocenters. The van der Waals surface area contributed by atoms with Gasteiger partial charge in [-0.2, -0.15) is 0 Å². The van der Waals surface area contributed by atoms with Crippen LogP contribution in [-0.2, 0) is 22.3 Å². The summed E-state index contributed by atoms with van der Waals surface area (Å²) in [6.45, 7) is 6.62. The number of aryl methyl sites for hydroxylation is 2. The highest BCUT2D eigenvalue weighted by molar-refractivity contribution is 6.30. The Bertz CT molecular complexity index is 1120. The van der Waals surface area contributed by atoms with Crippen LogP contribution < -0.4 is 5.32 Å². The molecule has 0 bridgehead atoms. The lowest BCUT2D eigenvalue weighted by Crippen LogP contribution is -2.43. The highest BCUT2D eigenvalue weighted by Gasteiger charge is 2.26. The molecule has 1 aromatic heterocycles. The van der Waals surface area contributed by atoms with Crippen molar-refractivity contribution in [2.45, 2.75) is 51.4 Å². The highest BCUT2D eigenvalue weighted by atomic mass is 35.5. The van der Waals surface area contributed by atoms with Gasteiger partial charge in [-0.15, -0.1) is 0 Å². The molecule has 1 aliphatic carbocycles. The Morgan fingerprint density at radius 3 is 2.42 bits per heavy atom. The summed E-state index contributed by atoms with van der Waals surface area (Å²) in [5, 5.41) is 3.93. The summed E-state index contributed by atoms with van der Waals surface area (Å²) in [4.78, 5) is 22.1. The average molecular weight is 569 g/mol. The summed E-state index contributed by atoms with van der Waals surface area (Å²) in [5.41, 5.74) is 7.55. The molecular formula is C32H45ClN4O3. The zero-order valence-corrected chi connectivity index (χ0v) is 25.0. The lowest BCUT2D eigenvalue weighted by Gasteiger charge is -2.30. The second-order valence-electron chi connectivity index (χ2n) is 10.8. The number of pyridine rings is 1. The number of benzene rings is 1. The first-order valence-electron chi connectivity index (χ1n) is 14.8. The summed E-state index contributed by atoms with van der Waals surface area (Å²) in [7, 11) is 3.49. The number of urea groups is 1. The molecule has 1 saturated heterocycles. The molecule has 1 fully saturated rings. The number of hydrogen-bond acceptors (Lipinski definition) is 5. The number of piperidine rings is 1. The molecular weight excluding hydrogens is 524 g/mol. The van der Waals surface area contributed by atoms with Crippen LogP contribution >= 0.6 is 11.6 Å². The molecule has 7 nitrogen and oxygen atoms in total. The molecule has 4 rings (SSSR count). The number of hydrogen-bond donors (Lipinski definition) is 1. The Balaban J connectivity index is 1.24. The van der Waals surface area contributed by atoms with Gasteiger partial charge in [0.15, 0.2) is 0 Å². The zero-order chi connectivity index (χ0) is 28.2. The van der Waals surface area contributed by atoms with Crippen molar-refractivity contribution in [3.8, 4) is 0 Å². The first-order chi connectivity index (χ1) is 19.6. The predicted molar refractivity (Wildman–Crippen MR) is 162 cm³/mol. The van der Waals surface area contributed by atoms with Crippen LogP contribution in [0.15, 0.2) is 42.1 Å². The number of carbonyl (C=O) groups excluding carboxylic acids is 1. The van der Waals surface area contributed by atoms with Gasteiger partial charge in [-0.05, 0) is 80.0 Å². The largest absolute Gasteiger partial charge is 0.383 e. The number of likely N-dealkylation sites (tertiary alicyclic amines) is 1. The van der Waals surface area contributed by atoms with Crippen LogP contribution in [0.5, 0.6) is 0 Å². The minimum atomic E-state index is 0.0564.